The summed E-state index contributed by atoms with van der Waals surface area (Å²) in [6, 6.07) is 0. The molecular weight excluding hydrogens is 256 g/mol. The van der Waals surface area contributed by atoms with Crippen molar-refractivity contribution in [2.24, 2.45) is 34.5 Å². The molecule has 2 aliphatic carbocycles. The first-order valence-electron chi connectivity index (χ1n) is 9.41. The first-order chi connectivity index (χ1) is 9.73. The second kappa shape index (κ2) is 6.22. The van der Waals surface area contributed by atoms with Crippen molar-refractivity contribution >= 4 is 0 Å². The van der Waals surface area contributed by atoms with E-state index in [1.165, 1.54) is 38.5 Å². The van der Waals surface area contributed by atoms with E-state index in [1.807, 2.05) is 0 Å². The van der Waals surface area contributed by atoms with Crippen LogP contribution in [0.5, 0.6) is 0 Å². The maximum Gasteiger partial charge on any atom is 0.0599 e. The van der Waals surface area contributed by atoms with Gasteiger partial charge in [-0.3, -0.25) is 0 Å². The van der Waals surface area contributed by atoms with Crippen molar-refractivity contribution in [1.82, 2.24) is 0 Å². The molecule has 2 aliphatic rings. The van der Waals surface area contributed by atoms with E-state index >= 15 is 0 Å². The third kappa shape index (κ3) is 3.05. The molecule has 21 heavy (non-hydrogen) atoms. The Hall–Kier alpha value is -0.0400. The van der Waals surface area contributed by atoms with Gasteiger partial charge in [-0.2, -0.15) is 0 Å². The van der Waals surface area contributed by atoms with Crippen LogP contribution in [0, 0.1) is 34.5 Å². The van der Waals surface area contributed by atoms with Crippen LogP contribution in [0.15, 0.2) is 0 Å². The molecule has 0 aromatic rings. The molecular formula is C20H38O. The Morgan fingerprint density at radius 2 is 1.81 bits per heavy atom. The van der Waals surface area contributed by atoms with Crippen LogP contribution in [-0.4, -0.2) is 11.2 Å². The van der Waals surface area contributed by atoms with Crippen LogP contribution in [-0.2, 0) is 0 Å². The van der Waals surface area contributed by atoms with Gasteiger partial charge < -0.3 is 5.11 Å². The summed E-state index contributed by atoms with van der Waals surface area (Å²) < 4.78 is 0. The van der Waals surface area contributed by atoms with Gasteiger partial charge in [-0.05, 0) is 60.2 Å². The summed E-state index contributed by atoms with van der Waals surface area (Å²) in [4.78, 5) is 0. The van der Waals surface area contributed by atoms with Gasteiger partial charge in [0.2, 0.25) is 0 Å². The van der Waals surface area contributed by atoms with Crippen molar-refractivity contribution in [3.63, 3.8) is 0 Å². The third-order valence-corrected chi connectivity index (χ3v) is 7.54. The molecule has 6 atom stereocenters. The second-order valence-electron chi connectivity index (χ2n) is 9.21. The summed E-state index contributed by atoms with van der Waals surface area (Å²) in [6.07, 6.45) is 8.74. The molecule has 0 aromatic carbocycles. The van der Waals surface area contributed by atoms with E-state index in [0.29, 0.717) is 17.3 Å². The molecule has 0 unspecified atom stereocenters. The molecule has 0 radical (unpaired) electrons. The van der Waals surface area contributed by atoms with Gasteiger partial charge in [0.05, 0.1) is 6.10 Å². The SMILES string of the molecule is CC[C@@H](C)CC[C@H]1[C@@H](C)CC[C@H]2C(C)(C)CC[C@H](O)[C@]12C. The summed E-state index contributed by atoms with van der Waals surface area (Å²) in [6.45, 7) is 14.5. The topological polar surface area (TPSA) is 20.2 Å². The number of hydrogen-bond acceptors (Lipinski definition) is 1. The predicted octanol–water partition coefficient (Wildman–Crippen LogP) is 5.66. The minimum absolute atomic E-state index is 0.0831. The Labute approximate surface area is 132 Å². The largest absolute Gasteiger partial charge is 0.393 e. The molecule has 2 saturated carbocycles. The number of rotatable bonds is 4. The molecule has 2 fully saturated rings. The van der Waals surface area contributed by atoms with Gasteiger partial charge in [-0.15, -0.1) is 0 Å². The van der Waals surface area contributed by atoms with Crippen LogP contribution in [0.25, 0.3) is 0 Å². The first-order valence-corrected chi connectivity index (χ1v) is 9.41. The lowest BCUT2D eigenvalue weighted by atomic mass is 9.45. The quantitative estimate of drug-likeness (QED) is 0.709. The Bertz CT molecular complexity index is 348. The van der Waals surface area contributed by atoms with Crippen molar-refractivity contribution in [2.75, 3.05) is 0 Å². The number of fused-ring (bicyclic) bond motifs is 1. The van der Waals surface area contributed by atoms with Gasteiger partial charge in [0.15, 0.2) is 0 Å². The smallest absolute Gasteiger partial charge is 0.0599 e. The minimum atomic E-state index is -0.0831. The van der Waals surface area contributed by atoms with Gasteiger partial charge in [0.1, 0.15) is 0 Å². The van der Waals surface area contributed by atoms with Gasteiger partial charge >= 0.3 is 0 Å². The molecule has 0 bridgehead atoms. The van der Waals surface area contributed by atoms with Crippen LogP contribution in [0.1, 0.15) is 86.5 Å². The molecule has 0 amide bonds. The van der Waals surface area contributed by atoms with E-state index in [1.54, 1.807) is 0 Å². The maximum atomic E-state index is 10.9. The molecule has 1 nitrogen and oxygen atoms in total. The lowest BCUT2D eigenvalue weighted by Gasteiger charge is -2.61. The lowest BCUT2D eigenvalue weighted by molar-refractivity contribution is -0.167. The summed E-state index contributed by atoms with van der Waals surface area (Å²) in [5.41, 5.74) is 0.551. The van der Waals surface area contributed by atoms with Crippen LogP contribution < -0.4 is 0 Å². The van der Waals surface area contributed by atoms with E-state index in [4.69, 9.17) is 0 Å². The lowest BCUT2D eigenvalue weighted by Crippen LogP contribution is -2.57. The highest BCUT2D eigenvalue weighted by Crippen LogP contribution is 2.62. The zero-order chi connectivity index (χ0) is 15.8. The standard InChI is InChI=1S/C20H38O/c1-7-14(2)8-10-16-15(3)9-11-17-19(4,5)13-12-18(21)20(16,17)6/h14-18,21H,7-13H2,1-6H3/t14-,15+,16+,17+,18+,20-/m1/s1. The van der Waals surface area contributed by atoms with Crippen LogP contribution >= 0.6 is 0 Å². The highest BCUT2D eigenvalue weighted by molar-refractivity contribution is 5.06. The minimum Gasteiger partial charge on any atom is -0.393 e. The fourth-order valence-corrected chi connectivity index (χ4v) is 5.78. The summed E-state index contributed by atoms with van der Waals surface area (Å²) in [5, 5.41) is 10.9. The summed E-state index contributed by atoms with van der Waals surface area (Å²) in [5.74, 6) is 3.01. The zero-order valence-electron chi connectivity index (χ0n) is 15.3. The molecule has 0 saturated heterocycles. The van der Waals surface area contributed by atoms with Gasteiger partial charge in [0.25, 0.3) is 0 Å². The van der Waals surface area contributed by atoms with E-state index in [-0.39, 0.29) is 11.5 Å². The number of hydrogen-bond donors (Lipinski definition) is 1. The Morgan fingerprint density at radius 3 is 2.43 bits per heavy atom. The first kappa shape index (κ1) is 17.3. The zero-order valence-corrected chi connectivity index (χ0v) is 15.3. The van der Waals surface area contributed by atoms with Crippen molar-refractivity contribution in [3.05, 3.63) is 0 Å². The number of aliphatic hydroxyl groups excluding tert-OH is 1. The highest BCUT2D eigenvalue weighted by Gasteiger charge is 2.57. The van der Waals surface area contributed by atoms with Crippen LogP contribution in [0.2, 0.25) is 0 Å². The van der Waals surface area contributed by atoms with Gasteiger partial charge in [-0.25, -0.2) is 0 Å². The molecule has 1 N–H and O–H groups in total. The van der Waals surface area contributed by atoms with Crippen molar-refractivity contribution in [1.29, 1.82) is 0 Å². The normalized spacial score (nSPS) is 44.1. The summed E-state index contributed by atoms with van der Waals surface area (Å²) >= 11 is 0. The maximum absolute atomic E-state index is 10.9. The van der Waals surface area contributed by atoms with Crippen molar-refractivity contribution < 1.29 is 5.11 Å². The van der Waals surface area contributed by atoms with Crippen LogP contribution in [0.3, 0.4) is 0 Å². The van der Waals surface area contributed by atoms with E-state index in [9.17, 15) is 5.11 Å². The second-order valence-corrected chi connectivity index (χ2v) is 9.21. The average molecular weight is 295 g/mol. The molecule has 2 rings (SSSR count). The fourth-order valence-electron chi connectivity index (χ4n) is 5.78. The number of aliphatic hydroxyl groups is 1. The van der Waals surface area contributed by atoms with E-state index in [2.05, 4.69) is 41.5 Å². The molecule has 124 valence electrons. The van der Waals surface area contributed by atoms with E-state index < -0.39 is 0 Å². The molecule has 0 spiro atoms. The van der Waals surface area contributed by atoms with E-state index in [0.717, 1.165) is 18.3 Å². The van der Waals surface area contributed by atoms with Crippen molar-refractivity contribution in [3.8, 4) is 0 Å². The highest BCUT2D eigenvalue weighted by atomic mass is 16.3. The molecule has 0 heterocycles. The third-order valence-electron chi connectivity index (χ3n) is 7.54. The predicted molar refractivity (Wildman–Crippen MR) is 91.2 cm³/mol. The Balaban J connectivity index is 2.24. The van der Waals surface area contributed by atoms with Gasteiger partial charge in [-0.1, -0.05) is 60.8 Å². The van der Waals surface area contributed by atoms with Gasteiger partial charge in [0, 0.05) is 0 Å². The fraction of sp³-hybridized carbons (Fsp3) is 1.00. The molecule has 0 aromatic heterocycles. The Morgan fingerprint density at radius 1 is 1.14 bits per heavy atom. The van der Waals surface area contributed by atoms with Crippen molar-refractivity contribution in [2.45, 2.75) is 92.6 Å². The Kier molecular flexibility index (Phi) is 5.13. The molecule has 1 heteroatoms. The molecule has 0 aliphatic heterocycles. The summed E-state index contributed by atoms with van der Waals surface area (Å²) in [7, 11) is 0. The van der Waals surface area contributed by atoms with Crippen LogP contribution in [0.4, 0.5) is 0 Å². The average Bonchev–Trinajstić information content (AvgIpc) is 2.42. The monoisotopic (exact) mass is 294 g/mol.